The van der Waals surface area contributed by atoms with Gasteiger partial charge in [0.15, 0.2) is 0 Å². The van der Waals surface area contributed by atoms with Crippen LogP contribution < -0.4 is 0 Å². The first kappa shape index (κ1) is 7.47. The number of imidazole rings is 1. The lowest BCUT2D eigenvalue weighted by atomic mass is 10.3. The van der Waals surface area contributed by atoms with Gasteiger partial charge in [-0.15, -0.1) is 0 Å². The van der Waals surface area contributed by atoms with Crippen LogP contribution in [0.15, 0.2) is 38.0 Å². The Hall–Kier alpha value is -1.64. The maximum Gasteiger partial charge on any atom is 0.201 e. The highest BCUT2D eigenvalue weighted by Gasteiger charge is 2.02. The zero-order valence-corrected chi connectivity index (χ0v) is 6.03. The second-order valence-corrected chi connectivity index (χ2v) is 1.99. The lowest BCUT2D eigenvalue weighted by Gasteiger charge is -1.99. The number of nitrogens with zero attached hydrogens (tertiary/aromatic N) is 2. The Labute approximate surface area is 64.7 Å². The zero-order valence-electron chi connectivity index (χ0n) is 6.03. The number of rotatable bonds is 3. The molecule has 0 bridgehead atoms. The van der Waals surface area contributed by atoms with Crippen molar-refractivity contribution in [2.75, 3.05) is 0 Å². The third kappa shape index (κ3) is 1.43. The van der Waals surface area contributed by atoms with Gasteiger partial charge in [-0.25, -0.2) is 4.98 Å². The van der Waals surface area contributed by atoms with Gasteiger partial charge >= 0.3 is 0 Å². The van der Waals surface area contributed by atoms with Gasteiger partial charge in [-0.1, -0.05) is 13.2 Å². The number of hydrogen-bond acceptors (Lipinski definition) is 2. The van der Waals surface area contributed by atoms with Crippen molar-refractivity contribution in [3.63, 3.8) is 0 Å². The van der Waals surface area contributed by atoms with Gasteiger partial charge in [-0.3, -0.25) is 4.79 Å². The lowest BCUT2D eigenvalue weighted by Crippen LogP contribution is -2.01. The van der Waals surface area contributed by atoms with E-state index in [4.69, 9.17) is 0 Å². The van der Waals surface area contributed by atoms with Gasteiger partial charge in [-0.05, 0) is 6.08 Å². The highest BCUT2D eigenvalue weighted by atomic mass is 16.1. The minimum absolute atomic E-state index is 0.192. The van der Waals surface area contributed by atoms with E-state index in [0.717, 1.165) is 0 Å². The third-order valence-corrected chi connectivity index (χ3v) is 1.29. The van der Waals surface area contributed by atoms with E-state index in [1.54, 1.807) is 17.0 Å². The smallest absolute Gasteiger partial charge is 0.201 e. The van der Waals surface area contributed by atoms with Crippen molar-refractivity contribution >= 4 is 11.5 Å². The first-order valence-corrected chi connectivity index (χ1v) is 3.09. The molecule has 0 fully saturated rings. The molecule has 0 aliphatic carbocycles. The van der Waals surface area contributed by atoms with Crippen LogP contribution in [-0.4, -0.2) is 15.3 Å². The molecule has 1 heterocycles. The van der Waals surface area contributed by atoms with E-state index in [2.05, 4.69) is 18.1 Å². The van der Waals surface area contributed by atoms with Crippen LogP contribution in [0.5, 0.6) is 0 Å². The van der Waals surface area contributed by atoms with Crippen molar-refractivity contribution in [2.24, 2.45) is 0 Å². The highest BCUT2D eigenvalue weighted by Crippen LogP contribution is 2.01. The van der Waals surface area contributed by atoms with Gasteiger partial charge < -0.3 is 4.57 Å². The van der Waals surface area contributed by atoms with Gasteiger partial charge in [0.2, 0.25) is 5.78 Å². The fraction of sp³-hybridized carbons (Fsp3) is 0. The third-order valence-electron chi connectivity index (χ3n) is 1.29. The Morgan fingerprint density at radius 1 is 1.64 bits per heavy atom. The van der Waals surface area contributed by atoms with Crippen molar-refractivity contribution in [2.45, 2.75) is 0 Å². The van der Waals surface area contributed by atoms with Crippen LogP contribution in [0.4, 0.5) is 0 Å². The highest BCUT2D eigenvalue weighted by molar-refractivity contribution is 6.20. The predicted octanol–water partition coefficient (Wildman–Crippen LogP) is 1.11. The predicted molar refractivity (Wildman–Crippen MR) is 42.8 cm³/mol. The molecule has 1 rings (SSSR count). The molecule has 0 aliphatic heterocycles. The number of aromatic nitrogens is 2. The molecule has 0 amide bonds. The number of hydrogen-bond donors (Lipinski definition) is 0. The molecule has 3 heteroatoms. The largest absolute Gasteiger partial charge is 0.303 e. The molecular formula is C8H8N2O. The molecule has 3 nitrogen and oxygen atoms in total. The number of ketones is 1. The van der Waals surface area contributed by atoms with Gasteiger partial charge in [-0.2, -0.15) is 0 Å². The molecule has 0 N–H and O–H groups in total. The van der Waals surface area contributed by atoms with Crippen molar-refractivity contribution in [1.29, 1.82) is 0 Å². The van der Waals surface area contributed by atoms with Gasteiger partial charge in [0.1, 0.15) is 0 Å². The van der Waals surface area contributed by atoms with Crippen LogP contribution in [0.3, 0.4) is 0 Å². The minimum atomic E-state index is -0.192. The summed E-state index contributed by atoms with van der Waals surface area (Å²) in [5.74, 6) is -0.192. The molecule has 0 aromatic carbocycles. The van der Waals surface area contributed by atoms with E-state index in [0.29, 0.717) is 5.70 Å². The van der Waals surface area contributed by atoms with Gasteiger partial charge in [0, 0.05) is 12.4 Å². The molecule has 0 spiro atoms. The van der Waals surface area contributed by atoms with Crippen molar-refractivity contribution in [1.82, 2.24) is 9.55 Å². The summed E-state index contributed by atoms with van der Waals surface area (Å²) in [6, 6.07) is 0. The Bertz CT molecular complexity index is 285. The van der Waals surface area contributed by atoms with E-state index in [9.17, 15) is 4.79 Å². The molecule has 0 saturated heterocycles. The summed E-state index contributed by atoms with van der Waals surface area (Å²) in [5, 5.41) is 0. The summed E-state index contributed by atoms with van der Waals surface area (Å²) < 4.78 is 1.55. The van der Waals surface area contributed by atoms with Gasteiger partial charge in [0.25, 0.3) is 0 Å². The molecule has 0 saturated carbocycles. The van der Waals surface area contributed by atoms with E-state index in [1.165, 1.54) is 12.4 Å². The number of carbonyl (C=O) groups is 1. The van der Waals surface area contributed by atoms with Crippen LogP contribution in [0.25, 0.3) is 5.70 Å². The zero-order chi connectivity index (χ0) is 8.27. The van der Waals surface area contributed by atoms with E-state index >= 15 is 0 Å². The van der Waals surface area contributed by atoms with E-state index < -0.39 is 0 Å². The van der Waals surface area contributed by atoms with E-state index in [-0.39, 0.29) is 5.78 Å². The Morgan fingerprint density at radius 2 is 2.36 bits per heavy atom. The van der Waals surface area contributed by atoms with Crippen molar-refractivity contribution in [3.8, 4) is 0 Å². The molecule has 0 atom stereocenters. The molecule has 0 radical (unpaired) electrons. The molecule has 0 unspecified atom stereocenters. The molecule has 0 aliphatic rings. The second kappa shape index (κ2) is 2.96. The molecule has 56 valence electrons. The summed E-state index contributed by atoms with van der Waals surface area (Å²) in [5.41, 5.74) is 0.359. The molecule has 11 heavy (non-hydrogen) atoms. The van der Waals surface area contributed by atoms with Crippen molar-refractivity contribution < 1.29 is 4.79 Å². The fourth-order valence-corrected chi connectivity index (χ4v) is 0.664. The van der Waals surface area contributed by atoms with Crippen LogP contribution in [-0.2, 0) is 4.79 Å². The summed E-state index contributed by atoms with van der Waals surface area (Å²) >= 11 is 0. The molecule has 1 aromatic heterocycles. The quantitative estimate of drug-likeness (QED) is 0.602. The SMILES string of the molecule is C=CC(=O)C(=C)n1ccnc1. The second-order valence-electron chi connectivity index (χ2n) is 1.99. The summed E-state index contributed by atoms with van der Waals surface area (Å²) in [6.45, 7) is 6.92. The Balaban J connectivity index is 2.87. The monoisotopic (exact) mass is 148 g/mol. The average molecular weight is 148 g/mol. The first-order valence-electron chi connectivity index (χ1n) is 3.09. The van der Waals surface area contributed by atoms with Crippen LogP contribution in [0, 0.1) is 0 Å². The van der Waals surface area contributed by atoms with Crippen LogP contribution >= 0.6 is 0 Å². The maximum absolute atomic E-state index is 10.9. The summed E-state index contributed by atoms with van der Waals surface area (Å²) in [4.78, 5) is 14.7. The minimum Gasteiger partial charge on any atom is -0.303 e. The van der Waals surface area contributed by atoms with Crippen LogP contribution in [0.1, 0.15) is 0 Å². The van der Waals surface area contributed by atoms with Crippen LogP contribution in [0.2, 0.25) is 0 Å². The summed E-state index contributed by atoms with van der Waals surface area (Å²) in [6.07, 6.45) is 5.98. The molecule has 1 aromatic rings. The Kier molecular flexibility index (Phi) is 2.01. The molecular weight excluding hydrogens is 140 g/mol. The van der Waals surface area contributed by atoms with Gasteiger partial charge in [0.05, 0.1) is 12.0 Å². The average Bonchev–Trinajstić information content (AvgIpc) is 2.53. The number of allylic oxidation sites excluding steroid dienone is 2. The summed E-state index contributed by atoms with van der Waals surface area (Å²) in [7, 11) is 0. The topological polar surface area (TPSA) is 34.9 Å². The number of carbonyl (C=O) groups excluding carboxylic acids is 1. The van der Waals surface area contributed by atoms with Crippen molar-refractivity contribution in [3.05, 3.63) is 38.0 Å². The normalized spacial score (nSPS) is 9.09. The first-order chi connectivity index (χ1) is 5.25. The maximum atomic E-state index is 10.9. The Morgan fingerprint density at radius 3 is 2.82 bits per heavy atom. The standard InChI is InChI=1S/C8H8N2O/c1-3-8(11)7(2)10-5-4-9-6-10/h3-6H,1-2H2. The van der Waals surface area contributed by atoms with E-state index in [1.807, 2.05) is 0 Å². The fourth-order valence-electron chi connectivity index (χ4n) is 0.664. The lowest BCUT2D eigenvalue weighted by molar-refractivity contribution is -0.109.